The molecule has 168 valence electrons. The van der Waals surface area contributed by atoms with Gasteiger partial charge in [-0.1, -0.05) is 19.1 Å². The number of benzene rings is 2. The SMILES string of the molecule is CCC(NC(=O)CN(c1ccc2c(c1)OCCO2)S(C)(=O)=O)c1ccc(OC)c(C)c1. The Labute approximate surface area is 183 Å². The molecule has 0 saturated heterocycles. The Morgan fingerprint density at radius 3 is 2.48 bits per heavy atom. The third-order valence-electron chi connectivity index (χ3n) is 5.07. The van der Waals surface area contributed by atoms with E-state index in [1.54, 1.807) is 25.3 Å². The first-order valence-corrected chi connectivity index (χ1v) is 11.9. The quantitative estimate of drug-likeness (QED) is 0.667. The summed E-state index contributed by atoms with van der Waals surface area (Å²) in [7, 11) is -2.09. The Bertz CT molecular complexity index is 1050. The highest BCUT2D eigenvalue weighted by Gasteiger charge is 2.24. The highest BCUT2D eigenvalue weighted by molar-refractivity contribution is 7.92. The van der Waals surface area contributed by atoms with Gasteiger partial charge in [0.05, 0.1) is 25.1 Å². The summed E-state index contributed by atoms with van der Waals surface area (Å²) in [5.41, 5.74) is 2.23. The number of hydrogen-bond donors (Lipinski definition) is 1. The Morgan fingerprint density at radius 1 is 1.16 bits per heavy atom. The van der Waals surface area contributed by atoms with Crippen LogP contribution in [-0.4, -0.2) is 47.4 Å². The molecule has 0 radical (unpaired) electrons. The Kier molecular flexibility index (Phi) is 6.94. The summed E-state index contributed by atoms with van der Waals surface area (Å²) in [6, 6.07) is 10.3. The molecule has 1 unspecified atom stereocenters. The zero-order valence-electron chi connectivity index (χ0n) is 18.2. The molecule has 1 aliphatic heterocycles. The molecule has 0 spiro atoms. The number of nitrogens with zero attached hydrogens (tertiary/aromatic N) is 1. The van der Waals surface area contributed by atoms with E-state index in [4.69, 9.17) is 14.2 Å². The van der Waals surface area contributed by atoms with E-state index < -0.39 is 15.9 Å². The summed E-state index contributed by atoms with van der Waals surface area (Å²) in [5.74, 6) is 1.37. The van der Waals surface area contributed by atoms with Gasteiger partial charge < -0.3 is 19.5 Å². The molecule has 1 atom stereocenters. The lowest BCUT2D eigenvalue weighted by atomic mass is 10.0. The number of methoxy groups -OCH3 is 1. The van der Waals surface area contributed by atoms with Crippen molar-refractivity contribution in [2.24, 2.45) is 0 Å². The highest BCUT2D eigenvalue weighted by Crippen LogP contribution is 2.34. The van der Waals surface area contributed by atoms with E-state index in [1.807, 2.05) is 32.0 Å². The zero-order chi connectivity index (χ0) is 22.6. The highest BCUT2D eigenvalue weighted by atomic mass is 32.2. The minimum Gasteiger partial charge on any atom is -0.496 e. The standard InChI is InChI=1S/C22H28N2O6S/c1-5-18(16-6-8-19(28-3)15(2)12-16)23-22(25)14-24(31(4,26)27)17-7-9-20-21(13-17)30-11-10-29-20/h6-9,12-13,18H,5,10-11,14H2,1-4H3,(H,23,25). The molecule has 2 aromatic rings. The molecule has 0 aromatic heterocycles. The molecule has 3 rings (SSSR count). The normalized spacial score (nSPS) is 13.9. The largest absolute Gasteiger partial charge is 0.496 e. The molecular weight excluding hydrogens is 420 g/mol. The topological polar surface area (TPSA) is 94.2 Å². The summed E-state index contributed by atoms with van der Waals surface area (Å²) in [6.07, 6.45) is 1.72. The van der Waals surface area contributed by atoms with Crippen LogP contribution < -0.4 is 23.8 Å². The molecule has 31 heavy (non-hydrogen) atoms. The molecule has 1 heterocycles. The van der Waals surface area contributed by atoms with Gasteiger partial charge in [-0.2, -0.15) is 0 Å². The second-order valence-electron chi connectivity index (χ2n) is 7.36. The lowest BCUT2D eigenvalue weighted by Crippen LogP contribution is -2.41. The van der Waals surface area contributed by atoms with Gasteiger partial charge in [0.25, 0.3) is 0 Å². The van der Waals surface area contributed by atoms with Gasteiger partial charge in [0.2, 0.25) is 15.9 Å². The number of sulfonamides is 1. The number of rotatable bonds is 8. The lowest BCUT2D eigenvalue weighted by molar-refractivity contribution is -0.120. The van der Waals surface area contributed by atoms with Gasteiger partial charge >= 0.3 is 0 Å². The summed E-state index contributed by atoms with van der Waals surface area (Å²) < 4.78 is 42.3. The average Bonchev–Trinajstić information content (AvgIpc) is 2.74. The third-order valence-corrected chi connectivity index (χ3v) is 6.21. The van der Waals surface area contributed by atoms with E-state index in [2.05, 4.69) is 5.32 Å². The first-order chi connectivity index (χ1) is 14.7. The van der Waals surface area contributed by atoms with Crippen LogP contribution in [0.2, 0.25) is 0 Å². The number of carbonyl (C=O) groups excluding carboxylic acids is 1. The van der Waals surface area contributed by atoms with E-state index in [1.165, 1.54) is 0 Å². The number of carbonyl (C=O) groups is 1. The van der Waals surface area contributed by atoms with Crippen molar-refractivity contribution < 1.29 is 27.4 Å². The van der Waals surface area contributed by atoms with Crippen molar-refractivity contribution in [3.05, 3.63) is 47.5 Å². The molecule has 1 aliphatic rings. The molecule has 0 bridgehead atoms. The fourth-order valence-corrected chi connectivity index (χ4v) is 4.35. The maximum atomic E-state index is 12.8. The predicted molar refractivity (Wildman–Crippen MR) is 119 cm³/mol. The third kappa shape index (κ3) is 5.41. The maximum Gasteiger partial charge on any atom is 0.241 e. The van der Waals surface area contributed by atoms with E-state index in [0.29, 0.717) is 36.8 Å². The number of aryl methyl sites for hydroxylation is 1. The molecule has 9 heteroatoms. The van der Waals surface area contributed by atoms with E-state index in [9.17, 15) is 13.2 Å². The first-order valence-electron chi connectivity index (χ1n) is 10.0. The van der Waals surface area contributed by atoms with Crippen LogP contribution in [0, 0.1) is 6.92 Å². The summed E-state index contributed by atoms with van der Waals surface area (Å²) in [6.45, 7) is 4.37. The molecule has 8 nitrogen and oxygen atoms in total. The van der Waals surface area contributed by atoms with Crippen LogP contribution in [-0.2, 0) is 14.8 Å². The molecule has 0 fully saturated rings. The van der Waals surface area contributed by atoms with Crippen molar-refractivity contribution in [2.45, 2.75) is 26.3 Å². The van der Waals surface area contributed by atoms with E-state index in [-0.39, 0.29) is 12.6 Å². The summed E-state index contributed by atoms with van der Waals surface area (Å²) in [5, 5.41) is 2.94. The van der Waals surface area contributed by atoms with Crippen LogP contribution in [0.15, 0.2) is 36.4 Å². The molecule has 0 saturated carbocycles. The Morgan fingerprint density at radius 2 is 1.87 bits per heavy atom. The number of amides is 1. The van der Waals surface area contributed by atoms with Crippen LogP contribution in [0.3, 0.4) is 0 Å². The molecule has 0 aliphatic carbocycles. The van der Waals surface area contributed by atoms with Gasteiger partial charge in [0.1, 0.15) is 25.5 Å². The van der Waals surface area contributed by atoms with Crippen LogP contribution >= 0.6 is 0 Å². The van der Waals surface area contributed by atoms with Crippen LogP contribution in [0.4, 0.5) is 5.69 Å². The fraction of sp³-hybridized carbons (Fsp3) is 0.409. The minimum atomic E-state index is -3.70. The smallest absolute Gasteiger partial charge is 0.241 e. The second-order valence-corrected chi connectivity index (χ2v) is 9.26. The second kappa shape index (κ2) is 9.47. The average molecular weight is 449 g/mol. The predicted octanol–water partition coefficient (Wildman–Crippen LogP) is 2.81. The Hall–Kier alpha value is -2.94. The Balaban J connectivity index is 1.78. The van der Waals surface area contributed by atoms with Gasteiger partial charge in [0.15, 0.2) is 11.5 Å². The van der Waals surface area contributed by atoms with Crippen molar-refractivity contribution >= 4 is 21.6 Å². The number of hydrogen-bond acceptors (Lipinski definition) is 6. The van der Waals surface area contributed by atoms with Crippen LogP contribution in [0.5, 0.6) is 17.2 Å². The minimum absolute atomic E-state index is 0.251. The number of ether oxygens (including phenoxy) is 3. The fourth-order valence-electron chi connectivity index (χ4n) is 3.50. The molecule has 1 N–H and O–H groups in total. The van der Waals surface area contributed by atoms with Gasteiger partial charge in [0, 0.05) is 6.07 Å². The van der Waals surface area contributed by atoms with Gasteiger partial charge in [-0.05, 0) is 42.7 Å². The van der Waals surface area contributed by atoms with Crippen molar-refractivity contribution in [2.75, 3.05) is 37.4 Å². The molecule has 1 amide bonds. The molecular formula is C22H28N2O6S. The summed E-state index contributed by atoms with van der Waals surface area (Å²) >= 11 is 0. The van der Waals surface area contributed by atoms with Gasteiger partial charge in [-0.25, -0.2) is 8.42 Å². The van der Waals surface area contributed by atoms with Crippen LogP contribution in [0.25, 0.3) is 0 Å². The maximum absolute atomic E-state index is 12.8. The lowest BCUT2D eigenvalue weighted by Gasteiger charge is -2.26. The van der Waals surface area contributed by atoms with Crippen molar-refractivity contribution in [3.63, 3.8) is 0 Å². The van der Waals surface area contributed by atoms with Crippen LogP contribution in [0.1, 0.15) is 30.5 Å². The first kappa shape index (κ1) is 22.7. The van der Waals surface area contributed by atoms with Crippen molar-refractivity contribution in [1.29, 1.82) is 0 Å². The van der Waals surface area contributed by atoms with Crippen molar-refractivity contribution in [1.82, 2.24) is 5.32 Å². The van der Waals surface area contributed by atoms with Crippen molar-refractivity contribution in [3.8, 4) is 17.2 Å². The van der Waals surface area contributed by atoms with E-state index in [0.717, 1.165) is 27.4 Å². The monoisotopic (exact) mass is 448 g/mol. The summed E-state index contributed by atoms with van der Waals surface area (Å²) in [4.78, 5) is 12.8. The number of fused-ring (bicyclic) bond motifs is 1. The molecule has 2 aromatic carbocycles. The van der Waals surface area contributed by atoms with Gasteiger partial charge in [-0.15, -0.1) is 0 Å². The zero-order valence-corrected chi connectivity index (χ0v) is 19.0. The number of anilines is 1. The number of nitrogens with one attached hydrogen (secondary N) is 1. The van der Waals surface area contributed by atoms with E-state index >= 15 is 0 Å². The van der Waals surface area contributed by atoms with Gasteiger partial charge in [-0.3, -0.25) is 9.10 Å².